The van der Waals surface area contributed by atoms with Gasteiger partial charge in [-0.05, 0) is 49.9 Å². The predicted molar refractivity (Wildman–Crippen MR) is 100.0 cm³/mol. The smallest absolute Gasteiger partial charge is 0.320 e. The number of benzene rings is 1. The van der Waals surface area contributed by atoms with E-state index in [2.05, 4.69) is 4.98 Å². The van der Waals surface area contributed by atoms with E-state index >= 15 is 0 Å². The summed E-state index contributed by atoms with van der Waals surface area (Å²) in [5.41, 5.74) is 4.55. The zero-order valence-corrected chi connectivity index (χ0v) is 15.9. The summed E-state index contributed by atoms with van der Waals surface area (Å²) < 4.78 is 4.19. The van der Waals surface area contributed by atoms with E-state index in [1.54, 1.807) is 24.9 Å². The number of rotatable bonds is 3. The summed E-state index contributed by atoms with van der Waals surface area (Å²) in [5, 5.41) is 0. The molecule has 0 atom stereocenters. The molecule has 0 amide bonds. The number of hydrogen-bond acceptors (Lipinski definition) is 4. The molecule has 136 valence electrons. The van der Waals surface area contributed by atoms with E-state index in [0.29, 0.717) is 17.7 Å². The van der Waals surface area contributed by atoms with Crippen molar-refractivity contribution in [1.82, 2.24) is 18.7 Å². The van der Waals surface area contributed by atoms with Crippen LogP contribution in [0.15, 0.2) is 22.0 Å². The SMILES string of the molecule is CC(=O)c1c(C)cc(C)c(Cn2cnc3c2c(=O)n(C)c(=O)n3C)c1C. The Hall–Kier alpha value is -2.96. The molecule has 0 saturated carbocycles. The second kappa shape index (κ2) is 6.09. The first-order valence-corrected chi connectivity index (χ1v) is 8.36. The summed E-state index contributed by atoms with van der Waals surface area (Å²) >= 11 is 0. The van der Waals surface area contributed by atoms with Crippen LogP contribution in [-0.4, -0.2) is 24.5 Å². The molecule has 1 aromatic carbocycles. The largest absolute Gasteiger partial charge is 0.332 e. The van der Waals surface area contributed by atoms with Crippen molar-refractivity contribution >= 4 is 16.9 Å². The third-order valence-electron chi connectivity index (χ3n) is 5.03. The number of ketones is 1. The zero-order valence-electron chi connectivity index (χ0n) is 15.9. The average Bonchev–Trinajstić information content (AvgIpc) is 2.98. The van der Waals surface area contributed by atoms with E-state index in [4.69, 9.17) is 0 Å². The van der Waals surface area contributed by atoms with Crippen LogP contribution in [0.5, 0.6) is 0 Å². The zero-order chi connectivity index (χ0) is 19.3. The lowest BCUT2D eigenvalue weighted by Gasteiger charge is -2.16. The number of carbonyl (C=O) groups excluding carboxylic acids is 1. The summed E-state index contributed by atoms with van der Waals surface area (Å²) in [6.45, 7) is 7.82. The first kappa shape index (κ1) is 17.8. The van der Waals surface area contributed by atoms with E-state index in [-0.39, 0.29) is 11.3 Å². The number of aromatic nitrogens is 4. The predicted octanol–water partition coefficient (Wildman–Crippen LogP) is 1.61. The standard InChI is InChI=1S/C19H22N4O3/c1-10-7-11(2)15(13(4)24)12(3)14(10)8-23-9-20-17-16(23)18(25)22(6)19(26)21(17)5/h7,9H,8H2,1-6H3. The van der Waals surface area contributed by atoms with Crippen LogP contribution >= 0.6 is 0 Å². The van der Waals surface area contributed by atoms with Gasteiger partial charge in [-0.15, -0.1) is 0 Å². The molecule has 0 aliphatic carbocycles. The van der Waals surface area contributed by atoms with Gasteiger partial charge in [-0.3, -0.25) is 18.7 Å². The summed E-state index contributed by atoms with van der Waals surface area (Å²) in [5.74, 6) is 0.0232. The fourth-order valence-corrected chi connectivity index (χ4v) is 3.70. The van der Waals surface area contributed by atoms with Crippen LogP contribution in [0.1, 0.15) is 39.5 Å². The summed E-state index contributed by atoms with van der Waals surface area (Å²) in [4.78, 5) is 41.0. The Balaban J connectivity index is 2.26. The normalized spacial score (nSPS) is 11.3. The third kappa shape index (κ3) is 2.51. The van der Waals surface area contributed by atoms with Crippen molar-refractivity contribution in [2.24, 2.45) is 14.1 Å². The Labute approximate surface area is 150 Å². The number of Topliss-reactive ketones (excluding diaryl/α,β-unsaturated/α-hetero) is 1. The van der Waals surface area contributed by atoms with Crippen molar-refractivity contribution in [1.29, 1.82) is 0 Å². The van der Waals surface area contributed by atoms with Gasteiger partial charge in [0.15, 0.2) is 16.9 Å². The van der Waals surface area contributed by atoms with Crippen molar-refractivity contribution < 1.29 is 4.79 Å². The highest BCUT2D eigenvalue weighted by atomic mass is 16.2. The van der Waals surface area contributed by atoms with Gasteiger partial charge in [0.25, 0.3) is 5.56 Å². The van der Waals surface area contributed by atoms with Gasteiger partial charge in [0, 0.05) is 26.2 Å². The lowest BCUT2D eigenvalue weighted by atomic mass is 9.91. The minimum Gasteiger partial charge on any atom is -0.320 e. The quantitative estimate of drug-likeness (QED) is 0.670. The van der Waals surface area contributed by atoms with E-state index in [1.807, 2.05) is 26.8 Å². The Morgan fingerprint density at radius 1 is 1.08 bits per heavy atom. The lowest BCUT2D eigenvalue weighted by Crippen LogP contribution is -2.37. The maximum Gasteiger partial charge on any atom is 0.332 e. The minimum absolute atomic E-state index is 0.0232. The molecule has 2 heterocycles. The van der Waals surface area contributed by atoms with Gasteiger partial charge < -0.3 is 4.57 Å². The molecule has 0 radical (unpaired) electrons. The van der Waals surface area contributed by atoms with Crippen LogP contribution in [0, 0.1) is 20.8 Å². The molecule has 7 heteroatoms. The van der Waals surface area contributed by atoms with Crippen molar-refractivity contribution in [3.05, 3.63) is 61.0 Å². The highest BCUT2D eigenvalue weighted by molar-refractivity contribution is 5.97. The first-order chi connectivity index (χ1) is 12.1. The van der Waals surface area contributed by atoms with Crippen LogP contribution < -0.4 is 11.2 Å². The fraction of sp³-hybridized carbons (Fsp3) is 0.368. The topological polar surface area (TPSA) is 78.9 Å². The molecule has 26 heavy (non-hydrogen) atoms. The average molecular weight is 354 g/mol. The molecular formula is C19H22N4O3. The number of fused-ring (bicyclic) bond motifs is 1. The Bertz CT molecular complexity index is 1180. The Morgan fingerprint density at radius 2 is 1.73 bits per heavy atom. The maximum atomic E-state index is 12.6. The molecule has 0 aliphatic heterocycles. The first-order valence-electron chi connectivity index (χ1n) is 8.36. The molecular weight excluding hydrogens is 332 g/mol. The molecule has 0 spiro atoms. The second-order valence-electron chi connectivity index (χ2n) is 6.80. The van der Waals surface area contributed by atoms with Crippen LogP contribution in [0.2, 0.25) is 0 Å². The van der Waals surface area contributed by atoms with Gasteiger partial charge in [-0.1, -0.05) is 6.07 Å². The molecule has 2 aromatic heterocycles. The van der Waals surface area contributed by atoms with Crippen LogP contribution in [0.25, 0.3) is 11.2 Å². The van der Waals surface area contributed by atoms with Gasteiger partial charge in [-0.2, -0.15) is 0 Å². The molecule has 0 bridgehead atoms. The van der Waals surface area contributed by atoms with Gasteiger partial charge in [0.1, 0.15) is 0 Å². The van der Waals surface area contributed by atoms with Gasteiger partial charge in [-0.25, -0.2) is 9.78 Å². The molecule has 0 N–H and O–H groups in total. The number of aryl methyl sites for hydroxylation is 3. The van der Waals surface area contributed by atoms with E-state index < -0.39 is 5.69 Å². The van der Waals surface area contributed by atoms with E-state index in [0.717, 1.165) is 32.4 Å². The molecule has 0 saturated heterocycles. The van der Waals surface area contributed by atoms with Crippen molar-refractivity contribution in [3.63, 3.8) is 0 Å². The molecule has 0 aliphatic rings. The summed E-state index contributed by atoms with van der Waals surface area (Å²) in [6, 6.07) is 1.99. The van der Waals surface area contributed by atoms with Gasteiger partial charge in [0.2, 0.25) is 0 Å². The van der Waals surface area contributed by atoms with E-state index in [9.17, 15) is 14.4 Å². The number of nitrogens with zero attached hydrogens (tertiary/aromatic N) is 4. The minimum atomic E-state index is -0.408. The number of carbonyl (C=O) groups is 1. The Kier molecular flexibility index (Phi) is 4.18. The monoisotopic (exact) mass is 354 g/mol. The maximum absolute atomic E-state index is 12.6. The molecule has 0 fully saturated rings. The second-order valence-corrected chi connectivity index (χ2v) is 6.80. The van der Waals surface area contributed by atoms with Gasteiger partial charge >= 0.3 is 5.69 Å². The highest BCUT2D eigenvalue weighted by Crippen LogP contribution is 2.24. The summed E-state index contributed by atoms with van der Waals surface area (Å²) in [6.07, 6.45) is 1.57. The molecule has 0 unspecified atom stereocenters. The van der Waals surface area contributed by atoms with Crippen LogP contribution in [-0.2, 0) is 20.6 Å². The Morgan fingerprint density at radius 3 is 2.35 bits per heavy atom. The summed E-state index contributed by atoms with van der Waals surface area (Å²) in [7, 11) is 3.05. The third-order valence-corrected chi connectivity index (χ3v) is 5.03. The highest BCUT2D eigenvalue weighted by Gasteiger charge is 2.18. The number of imidazole rings is 1. The van der Waals surface area contributed by atoms with Gasteiger partial charge in [0.05, 0.1) is 6.33 Å². The lowest BCUT2D eigenvalue weighted by molar-refractivity contribution is 0.101. The van der Waals surface area contributed by atoms with Crippen LogP contribution in [0.3, 0.4) is 0 Å². The van der Waals surface area contributed by atoms with Crippen molar-refractivity contribution in [2.45, 2.75) is 34.2 Å². The molecule has 7 nitrogen and oxygen atoms in total. The van der Waals surface area contributed by atoms with E-state index in [1.165, 1.54) is 11.6 Å². The van der Waals surface area contributed by atoms with Crippen LogP contribution in [0.4, 0.5) is 0 Å². The van der Waals surface area contributed by atoms with Crippen molar-refractivity contribution in [3.8, 4) is 0 Å². The molecule has 3 rings (SSSR count). The fourth-order valence-electron chi connectivity index (χ4n) is 3.70. The number of hydrogen-bond donors (Lipinski definition) is 0. The van der Waals surface area contributed by atoms with Crippen molar-refractivity contribution in [2.75, 3.05) is 0 Å². The molecule has 3 aromatic rings.